The summed E-state index contributed by atoms with van der Waals surface area (Å²) in [4.78, 5) is 32.0. The molecule has 0 aliphatic rings. The van der Waals surface area contributed by atoms with Crippen molar-refractivity contribution in [3.8, 4) is 0 Å². The summed E-state index contributed by atoms with van der Waals surface area (Å²) >= 11 is 0. The first-order chi connectivity index (χ1) is 13.0. The molecule has 1 amide bonds. The summed E-state index contributed by atoms with van der Waals surface area (Å²) in [6.07, 6.45) is 0.476. The third-order valence-corrected chi connectivity index (χ3v) is 4.69. The molecule has 2 N–H and O–H groups in total. The van der Waals surface area contributed by atoms with Crippen molar-refractivity contribution in [3.63, 3.8) is 0 Å². The molecule has 2 heterocycles. The van der Waals surface area contributed by atoms with Crippen LogP contribution in [0.3, 0.4) is 0 Å². The van der Waals surface area contributed by atoms with Crippen LogP contribution in [0, 0.1) is 13.8 Å². The van der Waals surface area contributed by atoms with Crippen LogP contribution in [0.5, 0.6) is 0 Å². The molecular formula is C21H19N3O3. The van der Waals surface area contributed by atoms with E-state index in [1.807, 2.05) is 56.3 Å². The van der Waals surface area contributed by atoms with Gasteiger partial charge in [0.25, 0.3) is 0 Å². The average molecular weight is 361 g/mol. The number of aryl methyl sites for hydroxylation is 2. The van der Waals surface area contributed by atoms with E-state index in [0.29, 0.717) is 23.5 Å². The van der Waals surface area contributed by atoms with Crippen molar-refractivity contribution in [1.29, 1.82) is 0 Å². The minimum absolute atomic E-state index is 0.167. The number of hydrogen-bond acceptors (Lipinski definition) is 4. The molecule has 0 atom stereocenters. The van der Waals surface area contributed by atoms with E-state index in [2.05, 4.69) is 15.3 Å². The molecule has 4 rings (SSSR count). The maximum atomic E-state index is 12.3. The maximum absolute atomic E-state index is 12.3. The Morgan fingerprint density at radius 1 is 1.19 bits per heavy atom. The zero-order chi connectivity index (χ0) is 19.0. The van der Waals surface area contributed by atoms with Crippen molar-refractivity contribution in [2.24, 2.45) is 0 Å². The van der Waals surface area contributed by atoms with Crippen LogP contribution in [0.2, 0.25) is 0 Å². The highest BCUT2D eigenvalue weighted by molar-refractivity contribution is 5.91. The second kappa shape index (κ2) is 6.72. The molecule has 0 unspecified atom stereocenters. The number of anilines is 1. The Hall–Kier alpha value is -3.41. The number of para-hydroxylation sites is 2. The normalized spacial score (nSPS) is 11.2. The van der Waals surface area contributed by atoms with Gasteiger partial charge in [0, 0.05) is 17.4 Å². The van der Waals surface area contributed by atoms with Gasteiger partial charge < -0.3 is 9.40 Å². The molecule has 6 nitrogen and oxygen atoms in total. The first-order valence-electron chi connectivity index (χ1n) is 8.79. The van der Waals surface area contributed by atoms with Crippen LogP contribution in [0.4, 0.5) is 5.95 Å². The maximum Gasteiger partial charge on any atom is 0.339 e. The number of H-pyrrole nitrogens is 1. The zero-order valence-electron chi connectivity index (χ0n) is 15.1. The second-order valence-electron chi connectivity index (χ2n) is 6.64. The number of aromatic nitrogens is 2. The van der Waals surface area contributed by atoms with Crippen molar-refractivity contribution in [2.75, 3.05) is 5.32 Å². The second-order valence-corrected chi connectivity index (χ2v) is 6.64. The van der Waals surface area contributed by atoms with Crippen LogP contribution in [-0.4, -0.2) is 15.9 Å². The van der Waals surface area contributed by atoms with Gasteiger partial charge in [-0.3, -0.25) is 10.1 Å². The van der Waals surface area contributed by atoms with Crippen LogP contribution in [0.25, 0.3) is 22.0 Å². The van der Waals surface area contributed by atoms with Gasteiger partial charge in [0.15, 0.2) is 0 Å². The summed E-state index contributed by atoms with van der Waals surface area (Å²) in [5.41, 5.74) is 4.25. The lowest BCUT2D eigenvalue weighted by atomic mass is 10.0. The van der Waals surface area contributed by atoms with Crippen molar-refractivity contribution < 1.29 is 9.21 Å². The van der Waals surface area contributed by atoms with E-state index in [1.165, 1.54) is 0 Å². The monoisotopic (exact) mass is 361 g/mol. The van der Waals surface area contributed by atoms with Crippen molar-refractivity contribution in [3.05, 3.63) is 69.6 Å². The molecule has 0 saturated heterocycles. The molecule has 0 saturated carbocycles. The number of nitrogens with one attached hydrogen (secondary N) is 2. The standard InChI is InChI=1S/C21H19N3O3/c1-12-7-8-14-13(2)15(20(26)27-18(14)11-12)9-10-19(25)24-21-22-16-5-3-4-6-17(16)23-21/h3-8,11H,9-10H2,1-2H3,(H2,22,23,24,25). The number of rotatable bonds is 4. The number of nitrogens with zero attached hydrogens (tertiary/aromatic N) is 1. The van der Waals surface area contributed by atoms with Gasteiger partial charge in [-0.25, -0.2) is 9.78 Å². The predicted molar refractivity (Wildman–Crippen MR) is 105 cm³/mol. The highest BCUT2D eigenvalue weighted by Crippen LogP contribution is 2.21. The Balaban J connectivity index is 1.51. The molecule has 2 aromatic carbocycles. The summed E-state index contributed by atoms with van der Waals surface area (Å²) in [6.45, 7) is 3.84. The molecule has 0 fully saturated rings. The molecule has 4 aromatic rings. The van der Waals surface area contributed by atoms with Gasteiger partial charge >= 0.3 is 5.63 Å². The number of carbonyl (C=O) groups excluding carboxylic acids is 1. The van der Waals surface area contributed by atoms with Gasteiger partial charge in [-0.15, -0.1) is 0 Å². The number of benzene rings is 2. The smallest absolute Gasteiger partial charge is 0.339 e. The molecule has 0 aliphatic carbocycles. The van der Waals surface area contributed by atoms with Crippen LogP contribution >= 0.6 is 0 Å². The Morgan fingerprint density at radius 3 is 2.81 bits per heavy atom. The van der Waals surface area contributed by atoms with E-state index < -0.39 is 0 Å². The van der Waals surface area contributed by atoms with Gasteiger partial charge in [0.05, 0.1) is 11.0 Å². The number of imidazole rings is 1. The number of carbonyl (C=O) groups is 1. The number of hydrogen-bond donors (Lipinski definition) is 2. The Kier molecular flexibility index (Phi) is 4.24. The fourth-order valence-electron chi connectivity index (χ4n) is 3.24. The molecule has 2 aromatic heterocycles. The van der Waals surface area contributed by atoms with Crippen molar-refractivity contribution in [2.45, 2.75) is 26.7 Å². The van der Waals surface area contributed by atoms with E-state index in [0.717, 1.165) is 27.5 Å². The Labute approximate surface area is 155 Å². The quantitative estimate of drug-likeness (QED) is 0.540. The third kappa shape index (κ3) is 3.33. The van der Waals surface area contributed by atoms with Crippen molar-refractivity contribution in [1.82, 2.24) is 9.97 Å². The topological polar surface area (TPSA) is 88.0 Å². The lowest BCUT2D eigenvalue weighted by Gasteiger charge is -2.08. The molecule has 136 valence electrons. The summed E-state index contributed by atoms with van der Waals surface area (Å²) < 4.78 is 5.44. The summed E-state index contributed by atoms with van der Waals surface area (Å²) in [7, 11) is 0. The Bertz CT molecular complexity index is 1190. The lowest BCUT2D eigenvalue weighted by molar-refractivity contribution is -0.116. The van der Waals surface area contributed by atoms with Crippen LogP contribution < -0.4 is 10.9 Å². The first-order valence-corrected chi connectivity index (χ1v) is 8.79. The van der Waals surface area contributed by atoms with E-state index >= 15 is 0 Å². The Morgan fingerprint density at radius 2 is 2.00 bits per heavy atom. The fraction of sp³-hybridized carbons (Fsp3) is 0.190. The molecular weight excluding hydrogens is 342 g/mol. The SMILES string of the molecule is Cc1ccc2c(C)c(CCC(=O)Nc3nc4ccccc4[nH]3)c(=O)oc2c1. The molecule has 27 heavy (non-hydrogen) atoms. The zero-order valence-corrected chi connectivity index (χ0v) is 15.1. The molecule has 0 radical (unpaired) electrons. The minimum Gasteiger partial charge on any atom is -0.423 e. The largest absolute Gasteiger partial charge is 0.423 e. The van der Waals surface area contributed by atoms with Gasteiger partial charge in [-0.05, 0) is 49.6 Å². The molecule has 6 heteroatoms. The van der Waals surface area contributed by atoms with E-state index in [9.17, 15) is 9.59 Å². The number of aromatic amines is 1. The van der Waals surface area contributed by atoms with E-state index in [-0.39, 0.29) is 18.0 Å². The average Bonchev–Trinajstić information content (AvgIpc) is 3.03. The van der Waals surface area contributed by atoms with Gasteiger partial charge in [0.2, 0.25) is 11.9 Å². The summed E-state index contributed by atoms with van der Waals surface area (Å²) in [5, 5.41) is 3.64. The van der Waals surface area contributed by atoms with Crippen LogP contribution in [-0.2, 0) is 11.2 Å². The first kappa shape index (κ1) is 17.0. The van der Waals surface area contributed by atoms with Crippen LogP contribution in [0.1, 0.15) is 23.1 Å². The summed E-state index contributed by atoms with van der Waals surface area (Å²) in [6, 6.07) is 13.3. The molecule has 0 spiro atoms. The number of fused-ring (bicyclic) bond motifs is 2. The van der Waals surface area contributed by atoms with E-state index in [4.69, 9.17) is 4.42 Å². The molecule has 0 bridgehead atoms. The third-order valence-electron chi connectivity index (χ3n) is 4.69. The summed E-state index contributed by atoms with van der Waals surface area (Å²) in [5.74, 6) is 0.191. The predicted octanol–water partition coefficient (Wildman–Crippen LogP) is 3.86. The lowest BCUT2D eigenvalue weighted by Crippen LogP contribution is -2.17. The van der Waals surface area contributed by atoms with E-state index in [1.54, 1.807) is 0 Å². The van der Waals surface area contributed by atoms with Crippen LogP contribution in [0.15, 0.2) is 51.7 Å². The highest BCUT2D eigenvalue weighted by Gasteiger charge is 2.14. The molecule has 0 aliphatic heterocycles. The fourth-order valence-corrected chi connectivity index (χ4v) is 3.24. The highest BCUT2D eigenvalue weighted by atomic mass is 16.4. The number of amides is 1. The minimum atomic E-state index is -0.387. The van der Waals surface area contributed by atoms with Gasteiger partial charge in [-0.1, -0.05) is 24.3 Å². The van der Waals surface area contributed by atoms with Gasteiger partial charge in [0.1, 0.15) is 5.58 Å². The van der Waals surface area contributed by atoms with Gasteiger partial charge in [-0.2, -0.15) is 0 Å². The van der Waals surface area contributed by atoms with Crippen molar-refractivity contribution >= 4 is 33.9 Å².